The van der Waals surface area contributed by atoms with E-state index >= 15 is 0 Å². The first-order valence-corrected chi connectivity index (χ1v) is 10.9. The number of nitrogens with zero attached hydrogens (tertiary/aromatic N) is 1. The van der Waals surface area contributed by atoms with Gasteiger partial charge in [-0.1, -0.05) is 57.5 Å². The fourth-order valence-corrected chi connectivity index (χ4v) is 5.44. The van der Waals surface area contributed by atoms with Gasteiger partial charge >= 0.3 is 5.97 Å². The van der Waals surface area contributed by atoms with Crippen LogP contribution in [-0.4, -0.2) is 35.2 Å². The molecule has 0 aromatic heterocycles. The fourth-order valence-electron chi connectivity index (χ4n) is 3.67. The van der Waals surface area contributed by atoms with E-state index in [1.54, 1.807) is 23.6 Å². The van der Waals surface area contributed by atoms with Gasteiger partial charge in [-0.3, -0.25) is 4.79 Å². The van der Waals surface area contributed by atoms with Crippen LogP contribution in [0.2, 0.25) is 5.02 Å². The van der Waals surface area contributed by atoms with Gasteiger partial charge in [0.15, 0.2) is 0 Å². The lowest BCUT2D eigenvalue weighted by atomic mass is 9.84. The van der Waals surface area contributed by atoms with Gasteiger partial charge in [0.2, 0.25) is 5.91 Å². The Morgan fingerprint density at radius 3 is 2.59 bits per heavy atom. The van der Waals surface area contributed by atoms with Crippen LogP contribution in [0, 0.1) is 11.3 Å². The van der Waals surface area contributed by atoms with Gasteiger partial charge in [-0.2, -0.15) is 0 Å². The van der Waals surface area contributed by atoms with Crippen LogP contribution in [0.25, 0.3) is 0 Å². The van der Waals surface area contributed by atoms with Crippen LogP contribution >= 0.6 is 23.4 Å². The van der Waals surface area contributed by atoms with Crippen LogP contribution in [0.1, 0.15) is 58.4 Å². The number of halogens is 1. The molecule has 6 heteroatoms. The molecule has 0 bridgehead atoms. The second-order valence-corrected chi connectivity index (χ2v) is 9.87. The molecule has 0 aliphatic carbocycles. The number of thioether (sulfide) groups is 1. The van der Waals surface area contributed by atoms with Crippen molar-refractivity contribution in [3.63, 3.8) is 0 Å². The Morgan fingerprint density at radius 1 is 1.33 bits per heavy atom. The second-order valence-electron chi connectivity index (χ2n) is 8.35. The largest absolute Gasteiger partial charge is 0.464 e. The van der Waals surface area contributed by atoms with Gasteiger partial charge in [0.25, 0.3) is 0 Å². The summed E-state index contributed by atoms with van der Waals surface area (Å²) < 4.78 is 5.23. The van der Waals surface area contributed by atoms with Crippen LogP contribution in [0.5, 0.6) is 0 Å². The molecule has 1 saturated heterocycles. The van der Waals surface area contributed by atoms with Crippen molar-refractivity contribution in [1.82, 2.24) is 4.90 Å². The minimum atomic E-state index is -0.564. The molecule has 1 aliphatic rings. The number of esters is 1. The highest BCUT2D eigenvalue weighted by atomic mass is 35.5. The number of carbonyl (C=O) groups is 2. The predicted octanol–water partition coefficient (Wildman–Crippen LogP) is 5.31. The Labute approximate surface area is 172 Å². The summed E-state index contributed by atoms with van der Waals surface area (Å²) in [5.41, 5.74) is 1.02. The van der Waals surface area contributed by atoms with Crippen molar-refractivity contribution in [2.24, 2.45) is 11.3 Å². The Bertz CT molecular complexity index is 674. The van der Waals surface area contributed by atoms with Gasteiger partial charge in [-0.25, -0.2) is 4.79 Å². The molecule has 1 fully saturated rings. The van der Waals surface area contributed by atoms with Crippen molar-refractivity contribution in [3.8, 4) is 0 Å². The molecule has 0 spiro atoms. The van der Waals surface area contributed by atoms with Crippen molar-refractivity contribution in [1.29, 1.82) is 0 Å². The number of hydrogen-bond acceptors (Lipinski definition) is 4. The lowest BCUT2D eigenvalue weighted by molar-refractivity contribution is -0.154. The average molecular weight is 412 g/mol. The third-order valence-electron chi connectivity index (χ3n) is 4.50. The first kappa shape index (κ1) is 22.1. The van der Waals surface area contributed by atoms with Crippen molar-refractivity contribution in [2.45, 2.75) is 58.9 Å². The Kier molecular flexibility index (Phi) is 7.64. The molecule has 2 rings (SSSR count). The molecule has 1 amide bonds. The molecular weight excluding hydrogens is 382 g/mol. The zero-order valence-corrected chi connectivity index (χ0v) is 18.4. The summed E-state index contributed by atoms with van der Waals surface area (Å²) in [4.78, 5) is 27.4. The maximum Gasteiger partial charge on any atom is 0.329 e. The number of ether oxygens (including phenoxy) is 1. The highest BCUT2D eigenvalue weighted by Gasteiger charge is 2.43. The SMILES string of the molecule is CCOC(=O)[C@H]1CS[C@H](c2ccccc2Cl)N1C(=O)C[C@@H](C)CC(C)(C)C. The van der Waals surface area contributed by atoms with E-state index in [4.69, 9.17) is 16.3 Å². The molecule has 150 valence electrons. The molecular formula is C21H30ClNO3S. The first-order valence-electron chi connectivity index (χ1n) is 9.48. The summed E-state index contributed by atoms with van der Waals surface area (Å²) in [5, 5.41) is 0.350. The van der Waals surface area contributed by atoms with Gasteiger partial charge < -0.3 is 9.64 Å². The van der Waals surface area contributed by atoms with Crippen LogP contribution in [0.4, 0.5) is 0 Å². The van der Waals surface area contributed by atoms with Crippen LogP contribution in [0.15, 0.2) is 24.3 Å². The Morgan fingerprint density at radius 2 is 2.00 bits per heavy atom. The van der Waals surface area contributed by atoms with E-state index in [1.165, 1.54) is 0 Å². The van der Waals surface area contributed by atoms with E-state index in [-0.39, 0.29) is 28.6 Å². The van der Waals surface area contributed by atoms with Gasteiger partial charge in [0.1, 0.15) is 11.4 Å². The highest BCUT2D eigenvalue weighted by Crippen LogP contribution is 2.44. The van der Waals surface area contributed by atoms with Crippen molar-refractivity contribution >= 4 is 35.2 Å². The lowest BCUT2D eigenvalue weighted by Crippen LogP contribution is -2.44. The lowest BCUT2D eigenvalue weighted by Gasteiger charge is -2.31. The summed E-state index contributed by atoms with van der Waals surface area (Å²) in [6.45, 7) is 10.7. The molecule has 4 nitrogen and oxygen atoms in total. The maximum absolute atomic E-state index is 13.2. The van der Waals surface area contributed by atoms with E-state index in [0.29, 0.717) is 23.8 Å². The van der Waals surface area contributed by atoms with E-state index in [1.807, 2.05) is 24.3 Å². The molecule has 0 unspecified atom stereocenters. The summed E-state index contributed by atoms with van der Waals surface area (Å²) in [6.07, 6.45) is 1.36. The molecule has 27 heavy (non-hydrogen) atoms. The smallest absolute Gasteiger partial charge is 0.329 e. The maximum atomic E-state index is 13.2. The predicted molar refractivity (Wildman–Crippen MR) is 112 cm³/mol. The van der Waals surface area contributed by atoms with Gasteiger partial charge in [0.05, 0.1) is 6.61 Å². The van der Waals surface area contributed by atoms with Gasteiger partial charge in [-0.15, -0.1) is 11.8 Å². The molecule has 1 aromatic rings. The molecule has 0 radical (unpaired) electrons. The summed E-state index contributed by atoms with van der Waals surface area (Å²) in [6, 6.07) is 6.95. The zero-order chi connectivity index (χ0) is 20.2. The third-order valence-corrected chi connectivity index (χ3v) is 6.15. The molecule has 0 N–H and O–H groups in total. The van der Waals surface area contributed by atoms with E-state index in [9.17, 15) is 9.59 Å². The van der Waals surface area contributed by atoms with Gasteiger partial charge in [-0.05, 0) is 30.7 Å². The second kappa shape index (κ2) is 9.33. The zero-order valence-electron chi connectivity index (χ0n) is 16.8. The van der Waals surface area contributed by atoms with Crippen molar-refractivity contribution < 1.29 is 14.3 Å². The molecule has 1 aliphatic heterocycles. The van der Waals surface area contributed by atoms with E-state index in [0.717, 1.165) is 12.0 Å². The number of carbonyl (C=O) groups excluding carboxylic acids is 2. The summed E-state index contributed by atoms with van der Waals surface area (Å²) in [5.74, 6) is 0.405. The van der Waals surface area contributed by atoms with Crippen molar-refractivity contribution in [3.05, 3.63) is 34.9 Å². The quantitative estimate of drug-likeness (QED) is 0.595. The normalized spacial score (nSPS) is 21.2. The Balaban J connectivity index is 2.26. The number of benzene rings is 1. The Hall–Kier alpha value is -1.20. The summed E-state index contributed by atoms with van der Waals surface area (Å²) >= 11 is 7.96. The minimum absolute atomic E-state index is 0.0141. The van der Waals surface area contributed by atoms with Crippen LogP contribution < -0.4 is 0 Å². The third kappa shape index (κ3) is 5.89. The number of rotatable bonds is 6. The fraction of sp³-hybridized carbons (Fsp3) is 0.619. The van der Waals surface area contributed by atoms with Crippen molar-refractivity contribution in [2.75, 3.05) is 12.4 Å². The van der Waals surface area contributed by atoms with Gasteiger partial charge in [0, 0.05) is 22.8 Å². The van der Waals surface area contributed by atoms with Crippen LogP contribution in [0.3, 0.4) is 0 Å². The molecule has 0 saturated carbocycles. The molecule has 3 atom stereocenters. The van der Waals surface area contributed by atoms with Crippen LogP contribution in [-0.2, 0) is 14.3 Å². The monoisotopic (exact) mass is 411 g/mol. The molecule has 1 heterocycles. The molecule has 1 aromatic carbocycles. The topological polar surface area (TPSA) is 46.6 Å². The highest BCUT2D eigenvalue weighted by molar-refractivity contribution is 7.99. The minimum Gasteiger partial charge on any atom is -0.464 e. The average Bonchev–Trinajstić information content (AvgIpc) is 2.98. The first-order chi connectivity index (χ1) is 12.6. The number of amides is 1. The number of hydrogen-bond donors (Lipinski definition) is 0. The van der Waals surface area contributed by atoms with E-state index < -0.39 is 6.04 Å². The van der Waals surface area contributed by atoms with E-state index in [2.05, 4.69) is 27.7 Å². The summed E-state index contributed by atoms with van der Waals surface area (Å²) in [7, 11) is 0. The standard InChI is InChI=1S/C21H30ClNO3S/c1-6-26-20(25)17-13-27-19(15-9-7-8-10-16(15)22)23(17)18(24)11-14(2)12-21(3,4)5/h7-10,14,17,19H,6,11-13H2,1-5H3/t14-,17-,19-/m1/s1.